The normalized spacial score (nSPS) is 24.6. The van der Waals surface area contributed by atoms with Crippen molar-refractivity contribution in [1.29, 1.82) is 0 Å². The van der Waals surface area contributed by atoms with E-state index < -0.39 is 0 Å². The summed E-state index contributed by atoms with van der Waals surface area (Å²) in [4.78, 5) is 7.93. The molecule has 0 radical (unpaired) electrons. The van der Waals surface area contributed by atoms with E-state index >= 15 is 0 Å². The van der Waals surface area contributed by atoms with E-state index in [0.29, 0.717) is 0 Å². The maximum absolute atomic E-state index is 2.69. The second kappa shape index (κ2) is 8.35. The molecule has 2 heterocycles. The average Bonchev–Trinajstić information content (AvgIpc) is 2.46. The quantitative estimate of drug-likeness (QED) is 0.740. The third-order valence-corrected chi connectivity index (χ3v) is 5.10. The maximum Gasteiger partial charge on any atom is 0.0110 e. The Morgan fingerprint density at radius 2 is 1.45 bits per heavy atom. The van der Waals surface area contributed by atoms with E-state index in [9.17, 15) is 0 Å². The Balaban J connectivity index is 1.57. The zero-order chi connectivity index (χ0) is 14.4. The number of nitrogens with zero attached hydrogens (tertiary/aromatic N) is 3. The standard InChI is InChI=1S/C17H35N3/c1-4-18-11-13-19(14-12-18)8-5-17-6-9-20(10-7-17)15-16(2)3/h16-17H,4-15H2,1-3H3. The molecule has 0 aromatic carbocycles. The molecular formula is C17H35N3. The van der Waals surface area contributed by atoms with Gasteiger partial charge in [0.25, 0.3) is 0 Å². The molecule has 0 aromatic rings. The van der Waals surface area contributed by atoms with Gasteiger partial charge in [0.2, 0.25) is 0 Å². The molecule has 0 spiro atoms. The summed E-state index contributed by atoms with van der Waals surface area (Å²) in [5.74, 6) is 1.81. The number of hydrogen-bond donors (Lipinski definition) is 0. The molecule has 0 unspecified atom stereocenters. The number of piperidine rings is 1. The minimum absolute atomic E-state index is 0.821. The van der Waals surface area contributed by atoms with Gasteiger partial charge in [0.15, 0.2) is 0 Å². The first-order valence-corrected chi connectivity index (χ1v) is 8.84. The SMILES string of the molecule is CCN1CCN(CCC2CCN(CC(C)C)CC2)CC1. The largest absolute Gasteiger partial charge is 0.303 e. The van der Waals surface area contributed by atoms with E-state index in [0.717, 1.165) is 11.8 Å². The Kier molecular flexibility index (Phi) is 6.79. The second-order valence-electron chi connectivity index (χ2n) is 7.20. The predicted molar refractivity (Wildman–Crippen MR) is 87.2 cm³/mol. The molecule has 0 saturated carbocycles. The number of rotatable bonds is 6. The zero-order valence-electron chi connectivity index (χ0n) is 14.0. The Bertz CT molecular complexity index is 251. The second-order valence-corrected chi connectivity index (χ2v) is 7.20. The first-order chi connectivity index (χ1) is 9.67. The predicted octanol–water partition coefficient (Wildman–Crippen LogP) is 2.38. The van der Waals surface area contributed by atoms with Crippen LogP contribution in [0.1, 0.15) is 40.0 Å². The van der Waals surface area contributed by atoms with Crippen LogP contribution in [0.3, 0.4) is 0 Å². The monoisotopic (exact) mass is 281 g/mol. The fourth-order valence-electron chi connectivity index (χ4n) is 3.67. The van der Waals surface area contributed by atoms with Crippen LogP contribution in [0.2, 0.25) is 0 Å². The lowest BCUT2D eigenvalue weighted by Crippen LogP contribution is -2.46. The molecule has 2 rings (SSSR count). The van der Waals surface area contributed by atoms with Crippen LogP contribution in [0, 0.1) is 11.8 Å². The van der Waals surface area contributed by atoms with Crippen LogP contribution < -0.4 is 0 Å². The van der Waals surface area contributed by atoms with Crippen LogP contribution in [0.4, 0.5) is 0 Å². The van der Waals surface area contributed by atoms with Gasteiger partial charge in [0.05, 0.1) is 0 Å². The van der Waals surface area contributed by atoms with Gasteiger partial charge in [-0.15, -0.1) is 0 Å². The highest BCUT2D eigenvalue weighted by molar-refractivity contribution is 4.76. The molecule has 2 aliphatic heterocycles. The minimum Gasteiger partial charge on any atom is -0.303 e. The summed E-state index contributed by atoms with van der Waals surface area (Å²) in [7, 11) is 0. The lowest BCUT2D eigenvalue weighted by atomic mass is 9.93. The Morgan fingerprint density at radius 3 is 2.00 bits per heavy atom. The van der Waals surface area contributed by atoms with E-state index in [1.54, 1.807) is 0 Å². The third-order valence-electron chi connectivity index (χ3n) is 5.10. The molecule has 2 fully saturated rings. The van der Waals surface area contributed by atoms with Crippen LogP contribution in [-0.2, 0) is 0 Å². The zero-order valence-corrected chi connectivity index (χ0v) is 14.0. The molecule has 0 atom stereocenters. The van der Waals surface area contributed by atoms with Gasteiger partial charge in [-0.05, 0) is 57.3 Å². The minimum atomic E-state index is 0.821. The number of likely N-dealkylation sites (tertiary alicyclic amines) is 1. The van der Waals surface area contributed by atoms with E-state index in [1.165, 1.54) is 78.2 Å². The molecule has 2 saturated heterocycles. The van der Waals surface area contributed by atoms with Gasteiger partial charge < -0.3 is 14.7 Å². The van der Waals surface area contributed by atoms with E-state index in [-0.39, 0.29) is 0 Å². The van der Waals surface area contributed by atoms with Crippen molar-refractivity contribution in [2.75, 3.05) is 58.9 Å². The Hall–Kier alpha value is -0.120. The van der Waals surface area contributed by atoms with Gasteiger partial charge in [0, 0.05) is 32.7 Å². The highest BCUT2D eigenvalue weighted by Gasteiger charge is 2.21. The fourth-order valence-corrected chi connectivity index (χ4v) is 3.67. The Morgan fingerprint density at radius 1 is 0.850 bits per heavy atom. The molecule has 0 aliphatic carbocycles. The summed E-state index contributed by atoms with van der Waals surface area (Å²) in [6.45, 7) is 18.6. The molecule has 2 aliphatic rings. The van der Waals surface area contributed by atoms with Crippen molar-refractivity contribution >= 4 is 0 Å². The summed E-state index contributed by atoms with van der Waals surface area (Å²) < 4.78 is 0. The van der Waals surface area contributed by atoms with Gasteiger partial charge in [-0.2, -0.15) is 0 Å². The van der Waals surface area contributed by atoms with Crippen LogP contribution in [0.15, 0.2) is 0 Å². The van der Waals surface area contributed by atoms with Gasteiger partial charge in [0.1, 0.15) is 0 Å². The first-order valence-electron chi connectivity index (χ1n) is 8.84. The Labute approximate surface area is 126 Å². The average molecular weight is 281 g/mol. The molecule has 20 heavy (non-hydrogen) atoms. The first kappa shape index (κ1) is 16.3. The van der Waals surface area contributed by atoms with Crippen molar-refractivity contribution < 1.29 is 0 Å². The van der Waals surface area contributed by atoms with Crippen LogP contribution >= 0.6 is 0 Å². The lowest BCUT2D eigenvalue weighted by molar-refractivity contribution is 0.117. The lowest BCUT2D eigenvalue weighted by Gasteiger charge is -2.36. The van der Waals surface area contributed by atoms with Gasteiger partial charge in [-0.1, -0.05) is 20.8 Å². The molecule has 0 aromatic heterocycles. The van der Waals surface area contributed by atoms with E-state index in [2.05, 4.69) is 35.5 Å². The topological polar surface area (TPSA) is 9.72 Å². The summed E-state index contributed by atoms with van der Waals surface area (Å²) in [5, 5.41) is 0. The number of likely N-dealkylation sites (N-methyl/N-ethyl adjacent to an activating group) is 1. The molecule has 3 heteroatoms. The van der Waals surface area contributed by atoms with Crippen molar-refractivity contribution in [1.82, 2.24) is 14.7 Å². The molecule has 0 N–H and O–H groups in total. The van der Waals surface area contributed by atoms with Gasteiger partial charge in [-0.3, -0.25) is 0 Å². The summed E-state index contributed by atoms with van der Waals surface area (Å²) in [6, 6.07) is 0. The van der Waals surface area contributed by atoms with Crippen molar-refractivity contribution in [2.24, 2.45) is 11.8 Å². The van der Waals surface area contributed by atoms with Crippen molar-refractivity contribution in [3.8, 4) is 0 Å². The molecule has 0 bridgehead atoms. The maximum atomic E-state index is 2.69. The summed E-state index contributed by atoms with van der Waals surface area (Å²) in [5.41, 5.74) is 0. The summed E-state index contributed by atoms with van der Waals surface area (Å²) in [6.07, 6.45) is 4.30. The summed E-state index contributed by atoms with van der Waals surface area (Å²) >= 11 is 0. The fraction of sp³-hybridized carbons (Fsp3) is 1.00. The number of piperazine rings is 1. The highest BCUT2D eigenvalue weighted by atomic mass is 15.3. The molecule has 118 valence electrons. The van der Waals surface area contributed by atoms with Crippen LogP contribution in [-0.4, -0.2) is 73.6 Å². The van der Waals surface area contributed by atoms with Crippen molar-refractivity contribution in [3.05, 3.63) is 0 Å². The highest BCUT2D eigenvalue weighted by Crippen LogP contribution is 2.21. The third kappa shape index (κ3) is 5.34. The molecular weight excluding hydrogens is 246 g/mol. The van der Waals surface area contributed by atoms with E-state index in [1.807, 2.05) is 0 Å². The van der Waals surface area contributed by atoms with E-state index in [4.69, 9.17) is 0 Å². The van der Waals surface area contributed by atoms with Gasteiger partial charge >= 0.3 is 0 Å². The smallest absolute Gasteiger partial charge is 0.0110 e. The van der Waals surface area contributed by atoms with Crippen LogP contribution in [0.25, 0.3) is 0 Å². The van der Waals surface area contributed by atoms with Crippen LogP contribution in [0.5, 0.6) is 0 Å². The molecule has 3 nitrogen and oxygen atoms in total. The van der Waals surface area contributed by atoms with Crippen molar-refractivity contribution in [2.45, 2.75) is 40.0 Å². The number of hydrogen-bond acceptors (Lipinski definition) is 3. The van der Waals surface area contributed by atoms with Crippen molar-refractivity contribution in [3.63, 3.8) is 0 Å². The molecule has 0 amide bonds. The van der Waals surface area contributed by atoms with Gasteiger partial charge in [-0.25, -0.2) is 0 Å².